The summed E-state index contributed by atoms with van der Waals surface area (Å²) in [6, 6.07) is 3.03. The molecule has 0 bridgehead atoms. The van der Waals surface area contributed by atoms with Gasteiger partial charge in [0.2, 0.25) is 10.0 Å². The number of aryl methyl sites for hydroxylation is 1. The third kappa shape index (κ3) is 2.89. The van der Waals surface area contributed by atoms with Crippen LogP contribution in [0.5, 0.6) is 0 Å². The normalized spacial score (nSPS) is 13.6. The predicted molar refractivity (Wildman–Crippen MR) is 74.4 cm³/mol. The Morgan fingerprint density at radius 3 is 2.84 bits per heavy atom. The summed E-state index contributed by atoms with van der Waals surface area (Å²) >= 11 is 1.36. The Kier molecular flexibility index (Phi) is 4.10. The number of sulfonamides is 1. The van der Waals surface area contributed by atoms with Gasteiger partial charge in [-0.1, -0.05) is 0 Å². The maximum absolute atomic E-state index is 12.4. The SMILES string of the molecule is Cc1csc(CN)c1S(=O)(=O)NC(C)c1ccco1. The van der Waals surface area contributed by atoms with Crippen LogP contribution in [-0.4, -0.2) is 8.42 Å². The van der Waals surface area contributed by atoms with Gasteiger partial charge in [-0.15, -0.1) is 11.3 Å². The van der Waals surface area contributed by atoms with E-state index >= 15 is 0 Å². The molecule has 0 radical (unpaired) electrons. The molecule has 5 nitrogen and oxygen atoms in total. The predicted octanol–water partition coefficient (Wildman–Crippen LogP) is 2.15. The average Bonchev–Trinajstić information content (AvgIpc) is 2.96. The van der Waals surface area contributed by atoms with E-state index in [-0.39, 0.29) is 6.54 Å². The van der Waals surface area contributed by atoms with Gasteiger partial charge < -0.3 is 10.2 Å². The highest BCUT2D eigenvalue weighted by Crippen LogP contribution is 2.27. The Labute approximate surface area is 116 Å². The molecular weight excluding hydrogens is 284 g/mol. The van der Waals surface area contributed by atoms with Crippen molar-refractivity contribution in [1.29, 1.82) is 0 Å². The van der Waals surface area contributed by atoms with Crippen molar-refractivity contribution in [2.75, 3.05) is 0 Å². The molecule has 0 fully saturated rings. The van der Waals surface area contributed by atoms with Crippen molar-refractivity contribution < 1.29 is 12.8 Å². The third-order valence-corrected chi connectivity index (χ3v) is 5.77. The fraction of sp³-hybridized carbons (Fsp3) is 0.333. The highest BCUT2D eigenvalue weighted by atomic mass is 32.2. The summed E-state index contributed by atoms with van der Waals surface area (Å²) in [7, 11) is -3.60. The summed E-state index contributed by atoms with van der Waals surface area (Å²) in [5.74, 6) is 0.575. The minimum absolute atomic E-state index is 0.212. The van der Waals surface area contributed by atoms with Gasteiger partial charge in [0.25, 0.3) is 0 Å². The number of furan rings is 1. The fourth-order valence-electron chi connectivity index (χ4n) is 1.88. The molecule has 2 aromatic rings. The van der Waals surface area contributed by atoms with Crippen LogP contribution in [0.4, 0.5) is 0 Å². The molecule has 1 unspecified atom stereocenters. The van der Waals surface area contributed by atoms with Crippen LogP contribution in [0, 0.1) is 6.92 Å². The smallest absolute Gasteiger partial charge is 0.242 e. The quantitative estimate of drug-likeness (QED) is 0.886. The van der Waals surface area contributed by atoms with E-state index in [4.69, 9.17) is 10.2 Å². The summed E-state index contributed by atoms with van der Waals surface area (Å²) in [5.41, 5.74) is 6.30. The van der Waals surface area contributed by atoms with Gasteiger partial charge in [0.05, 0.1) is 12.3 Å². The van der Waals surface area contributed by atoms with Gasteiger partial charge in [0, 0.05) is 11.4 Å². The molecule has 3 N–H and O–H groups in total. The fourth-order valence-corrected chi connectivity index (χ4v) is 4.79. The van der Waals surface area contributed by atoms with Crippen LogP contribution in [0.1, 0.15) is 29.2 Å². The molecule has 0 saturated heterocycles. The maximum atomic E-state index is 12.4. The molecule has 0 amide bonds. The molecule has 0 aromatic carbocycles. The van der Waals surface area contributed by atoms with Crippen LogP contribution in [0.2, 0.25) is 0 Å². The van der Waals surface area contributed by atoms with Crippen LogP contribution in [-0.2, 0) is 16.6 Å². The van der Waals surface area contributed by atoms with Gasteiger partial charge in [0.1, 0.15) is 10.7 Å². The topological polar surface area (TPSA) is 85.3 Å². The van der Waals surface area contributed by atoms with Crippen molar-refractivity contribution in [3.63, 3.8) is 0 Å². The molecule has 104 valence electrons. The zero-order chi connectivity index (χ0) is 14.0. The van der Waals surface area contributed by atoms with Crippen LogP contribution in [0.15, 0.2) is 33.1 Å². The monoisotopic (exact) mass is 300 g/mol. The van der Waals surface area contributed by atoms with Crippen LogP contribution < -0.4 is 10.5 Å². The molecule has 2 aromatic heterocycles. The second-order valence-electron chi connectivity index (χ2n) is 4.23. The molecule has 0 saturated carbocycles. The van der Waals surface area contributed by atoms with Crippen molar-refractivity contribution in [3.8, 4) is 0 Å². The summed E-state index contributed by atoms with van der Waals surface area (Å²) < 4.78 is 32.6. The lowest BCUT2D eigenvalue weighted by Crippen LogP contribution is -2.27. The summed E-state index contributed by atoms with van der Waals surface area (Å²) in [4.78, 5) is 0.954. The van der Waals surface area contributed by atoms with Crippen LogP contribution >= 0.6 is 11.3 Å². The highest BCUT2D eigenvalue weighted by Gasteiger charge is 2.25. The minimum Gasteiger partial charge on any atom is -0.468 e. The van der Waals surface area contributed by atoms with Crippen LogP contribution in [0.25, 0.3) is 0 Å². The lowest BCUT2D eigenvalue weighted by molar-refractivity contribution is 0.459. The second-order valence-corrected chi connectivity index (χ2v) is 6.85. The van der Waals surface area contributed by atoms with Crippen molar-refractivity contribution >= 4 is 21.4 Å². The van der Waals surface area contributed by atoms with Gasteiger partial charge in [-0.05, 0) is 36.9 Å². The van der Waals surface area contributed by atoms with Gasteiger partial charge in [-0.25, -0.2) is 13.1 Å². The number of nitrogens with one attached hydrogen (secondary N) is 1. The molecule has 19 heavy (non-hydrogen) atoms. The van der Waals surface area contributed by atoms with Gasteiger partial charge >= 0.3 is 0 Å². The Hall–Kier alpha value is -1.15. The standard InChI is InChI=1S/C12H16N2O3S2/c1-8-7-18-11(6-13)12(8)19(15,16)14-9(2)10-4-3-5-17-10/h3-5,7,9,14H,6,13H2,1-2H3. The van der Waals surface area contributed by atoms with E-state index in [1.807, 2.05) is 0 Å². The van der Waals surface area contributed by atoms with Crippen molar-refractivity contribution in [3.05, 3.63) is 40.0 Å². The van der Waals surface area contributed by atoms with Gasteiger partial charge in [-0.3, -0.25) is 0 Å². The lowest BCUT2D eigenvalue weighted by Gasteiger charge is -2.13. The van der Waals surface area contributed by atoms with Crippen LogP contribution in [0.3, 0.4) is 0 Å². The molecule has 0 aliphatic carbocycles. The first-order chi connectivity index (χ1) is 8.95. The van der Waals surface area contributed by atoms with Crippen molar-refractivity contribution in [2.24, 2.45) is 5.73 Å². The molecule has 0 aliphatic rings. The Balaban J connectivity index is 2.30. The first-order valence-corrected chi connectivity index (χ1v) is 8.14. The van der Waals surface area contributed by atoms with E-state index in [0.29, 0.717) is 21.1 Å². The first-order valence-electron chi connectivity index (χ1n) is 5.78. The molecule has 0 spiro atoms. The summed E-state index contributed by atoms with van der Waals surface area (Å²) in [6.45, 7) is 3.71. The second kappa shape index (κ2) is 5.46. The number of thiophene rings is 1. The van der Waals surface area contributed by atoms with Crippen molar-refractivity contribution in [1.82, 2.24) is 4.72 Å². The minimum atomic E-state index is -3.60. The lowest BCUT2D eigenvalue weighted by atomic mass is 10.3. The number of hydrogen-bond acceptors (Lipinski definition) is 5. The molecule has 2 heterocycles. The Bertz CT molecular complexity index is 645. The van der Waals surface area contributed by atoms with E-state index in [1.54, 1.807) is 31.4 Å². The van der Waals surface area contributed by atoms with E-state index in [2.05, 4.69) is 4.72 Å². The Morgan fingerprint density at radius 1 is 1.53 bits per heavy atom. The van der Waals surface area contributed by atoms with Gasteiger partial charge in [-0.2, -0.15) is 0 Å². The third-order valence-electron chi connectivity index (χ3n) is 2.75. The van der Waals surface area contributed by atoms with E-state index < -0.39 is 16.1 Å². The Morgan fingerprint density at radius 2 is 2.26 bits per heavy atom. The van der Waals surface area contributed by atoms with E-state index in [9.17, 15) is 8.42 Å². The highest BCUT2D eigenvalue weighted by molar-refractivity contribution is 7.89. The maximum Gasteiger partial charge on any atom is 0.242 e. The number of hydrogen-bond donors (Lipinski definition) is 2. The first kappa shape index (κ1) is 14.3. The van der Waals surface area contributed by atoms with E-state index in [0.717, 1.165) is 0 Å². The zero-order valence-electron chi connectivity index (χ0n) is 10.7. The summed E-state index contributed by atoms with van der Waals surface area (Å²) in [5, 5.41) is 1.80. The molecule has 7 heteroatoms. The zero-order valence-corrected chi connectivity index (χ0v) is 12.3. The number of nitrogens with two attached hydrogens (primary N) is 1. The van der Waals surface area contributed by atoms with Gasteiger partial charge in [0.15, 0.2) is 0 Å². The molecule has 0 aliphatic heterocycles. The molecule has 1 atom stereocenters. The summed E-state index contributed by atoms with van der Waals surface area (Å²) in [6.07, 6.45) is 1.52. The molecule has 2 rings (SSSR count). The number of rotatable bonds is 5. The average molecular weight is 300 g/mol. The van der Waals surface area contributed by atoms with E-state index in [1.165, 1.54) is 17.6 Å². The molecular formula is C12H16N2O3S2. The van der Waals surface area contributed by atoms with Crippen molar-refractivity contribution in [2.45, 2.75) is 31.3 Å². The largest absolute Gasteiger partial charge is 0.468 e.